The Morgan fingerprint density at radius 3 is 2.37 bits per heavy atom. The molecule has 1 aliphatic rings. The second-order valence-corrected chi connectivity index (χ2v) is 7.40. The van der Waals surface area contributed by atoms with Gasteiger partial charge in [-0.25, -0.2) is 4.79 Å². The first kappa shape index (κ1) is 18.9. The number of benzene rings is 1. The van der Waals surface area contributed by atoms with Gasteiger partial charge in [0.2, 0.25) is 0 Å². The van der Waals surface area contributed by atoms with Gasteiger partial charge < -0.3 is 9.73 Å². The molecule has 1 fully saturated rings. The van der Waals surface area contributed by atoms with Gasteiger partial charge in [0.05, 0.1) is 6.54 Å². The van der Waals surface area contributed by atoms with Gasteiger partial charge in [-0.3, -0.25) is 14.5 Å². The Bertz CT molecular complexity index is 973. The van der Waals surface area contributed by atoms with E-state index >= 15 is 0 Å². The van der Waals surface area contributed by atoms with Crippen molar-refractivity contribution in [3.05, 3.63) is 57.5 Å². The third kappa shape index (κ3) is 2.95. The normalized spacial score (nSPS) is 19.6. The molecule has 3 rings (SSSR count). The number of urea groups is 1. The van der Waals surface area contributed by atoms with Crippen LogP contribution < -0.4 is 5.32 Å². The number of ketones is 1. The van der Waals surface area contributed by atoms with Crippen molar-refractivity contribution in [2.24, 2.45) is 0 Å². The number of amides is 3. The Labute approximate surface area is 158 Å². The summed E-state index contributed by atoms with van der Waals surface area (Å²) >= 11 is 0. The van der Waals surface area contributed by atoms with Gasteiger partial charge in [-0.05, 0) is 75.9 Å². The first-order valence-electron chi connectivity index (χ1n) is 8.88. The van der Waals surface area contributed by atoms with Gasteiger partial charge in [-0.1, -0.05) is 6.07 Å². The minimum absolute atomic E-state index is 0.0284. The van der Waals surface area contributed by atoms with E-state index in [4.69, 9.17) is 4.42 Å². The number of nitrogens with one attached hydrogen (secondary N) is 1. The summed E-state index contributed by atoms with van der Waals surface area (Å²) in [5, 5.41) is 2.74. The molecule has 1 aromatic heterocycles. The fourth-order valence-corrected chi connectivity index (χ4v) is 3.88. The molecule has 1 atom stereocenters. The zero-order chi connectivity index (χ0) is 20.1. The van der Waals surface area contributed by atoms with Crippen LogP contribution in [0.2, 0.25) is 0 Å². The minimum atomic E-state index is -1.23. The molecule has 2 aromatic rings. The lowest BCUT2D eigenvalue weighted by Crippen LogP contribution is -2.40. The van der Waals surface area contributed by atoms with E-state index in [0.29, 0.717) is 17.1 Å². The largest absolute Gasteiger partial charge is 0.463 e. The molecule has 142 valence electrons. The van der Waals surface area contributed by atoms with Crippen molar-refractivity contribution in [3.8, 4) is 0 Å². The van der Waals surface area contributed by atoms with Gasteiger partial charge >= 0.3 is 6.03 Å². The highest BCUT2D eigenvalue weighted by atomic mass is 16.3. The first-order valence-corrected chi connectivity index (χ1v) is 8.88. The Hall–Kier alpha value is -2.89. The molecular formula is C21H24N2O4. The molecule has 6 heteroatoms. The van der Waals surface area contributed by atoms with Crippen LogP contribution >= 0.6 is 0 Å². The number of hydrogen-bond acceptors (Lipinski definition) is 4. The predicted molar refractivity (Wildman–Crippen MR) is 101 cm³/mol. The maximum absolute atomic E-state index is 13.1. The minimum Gasteiger partial charge on any atom is -0.463 e. The van der Waals surface area contributed by atoms with Crippen molar-refractivity contribution in [1.82, 2.24) is 10.2 Å². The fourth-order valence-electron chi connectivity index (χ4n) is 3.88. The molecule has 1 saturated heterocycles. The second-order valence-electron chi connectivity index (χ2n) is 7.40. The summed E-state index contributed by atoms with van der Waals surface area (Å²) in [5.41, 5.74) is 2.87. The molecule has 1 aromatic carbocycles. The fraction of sp³-hybridized carbons (Fsp3) is 0.381. The van der Waals surface area contributed by atoms with Crippen molar-refractivity contribution < 1.29 is 18.8 Å². The lowest BCUT2D eigenvalue weighted by Gasteiger charge is -2.21. The quantitative estimate of drug-likeness (QED) is 0.659. The van der Waals surface area contributed by atoms with Crippen LogP contribution in [0.25, 0.3) is 0 Å². The van der Waals surface area contributed by atoms with Gasteiger partial charge in [-0.15, -0.1) is 0 Å². The van der Waals surface area contributed by atoms with Crippen molar-refractivity contribution in [3.63, 3.8) is 0 Å². The van der Waals surface area contributed by atoms with E-state index in [1.54, 1.807) is 26.0 Å². The van der Waals surface area contributed by atoms with Gasteiger partial charge in [0.1, 0.15) is 11.5 Å². The van der Waals surface area contributed by atoms with Crippen LogP contribution in [0.4, 0.5) is 4.79 Å². The molecule has 1 aliphatic heterocycles. The summed E-state index contributed by atoms with van der Waals surface area (Å²) in [4.78, 5) is 38.9. The number of rotatable bonds is 4. The van der Waals surface area contributed by atoms with Gasteiger partial charge in [-0.2, -0.15) is 0 Å². The average Bonchev–Trinajstić information content (AvgIpc) is 3.08. The molecule has 1 unspecified atom stereocenters. The SMILES string of the molecule is CC(=O)c1c(C)cc(C)c(CN2C(=O)NC(C)(c3ccc(C)o3)C2=O)c1C. The molecule has 1 N–H and O–H groups in total. The van der Waals surface area contributed by atoms with E-state index in [0.717, 1.165) is 22.3 Å². The monoisotopic (exact) mass is 368 g/mol. The number of nitrogens with zero attached hydrogens (tertiary/aromatic N) is 1. The molecule has 0 radical (unpaired) electrons. The van der Waals surface area contributed by atoms with Crippen LogP contribution in [0, 0.1) is 27.7 Å². The Morgan fingerprint density at radius 1 is 1.15 bits per heavy atom. The van der Waals surface area contributed by atoms with Gasteiger partial charge in [0.25, 0.3) is 5.91 Å². The molecule has 3 amide bonds. The lowest BCUT2D eigenvalue weighted by atomic mass is 9.91. The van der Waals surface area contributed by atoms with Crippen molar-refractivity contribution >= 4 is 17.7 Å². The number of furan rings is 1. The summed E-state index contributed by atoms with van der Waals surface area (Å²) in [7, 11) is 0. The van der Waals surface area contributed by atoms with E-state index in [-0.39, 0.29) is 18.2 Å². The zero-order valence-electron chi connectivity index (χ0n) is 16.5. The smallest absolute Gasteiger partial charge is 0.325 e. The van der Waals surface area contributed by atoms with E-state index in [9.17, 15) is 14.4 Å². The molecule has 0 aliphatic carbocycles. The average molecular weight is 368 g/mol. The highest BCUT2D eigenvalue weighted by Gasteiger charge is 2.51. The van der Waals surface area contributed by atoms with E-state index in [1.165, 1.54) is 11.8 Å². The predicted octanol–water partition coefficient (Wildman–Crippen LogP) is 3.68. The molecule has 6 nitrogen and oxygen atoms in total. The van der Waals surface area contributed by atoms with E-state index in [1.807, 2.05) is 26.8 Å². The summed E-state index contributed by atoms with van der Waals surface area (Å²) in [5.74, 6) is 0.677. The van der Waals surface area contributed by atoms with Crippen LogP contribution in [0.1, 0.15) is 58.0 Å². The van der Waals surface area contributed by atoms with Crippen molar-refractivity contribution in [2.75, 3.05) is 0 Å². The standard InChI is InChI=1S/C21H24N2O4/c1-11-9-12(2)18(15(5)24)14(4)16(11)10-23-19(25)21(6,22-20(23)26)17-8-7-13(3)27-17/h7-9H,10H2,1-6H3,(H,22,26). The highest BCUT2D eigenvalue weighted by molar-refractivity contribution is 6.07. The lowest BCUT2D eigenvalue weighted by molar-refractivity contribution is -0.132. The Balaban J connectivity index is 2.00. The van der Waals surface area contributed by atoms with Gasteiger partial charge in [0, 0.05) is 5.56 Å². The number of hydrogen-bond donors (Lipinski definition) is 1. The summed E-state index contributed by atoms with van der Waals surface area (Å²) in [6.07, 6.45) is 0. The number of carbonyl (C=O) groups excluding carboxylic acids is 3. The number of imide groups is 1. The third-order valence-electron chi connectivity index (χ3n) is 5.31. The molecule has 27 heavy (non-hydrogen) atoms. The van der Waals surface area contributed by atoms with Crippen LogP contribution in [-0.2, 0) is 16.9 Å². The van der Waals surface area contributed by atoms with E-state index < -0.39 is 11.6 Å². The highest BCUT2D eigenvalue weighted by Crippen LogP contribution is 2.32. The first-order chi connectivity index (χ1) is 12.6. The van der Waals surface area contributed by atoms with Crippen LogP contribution in [0.3, 0.4) is 0 Å². The van der Waals surface area contributed by atoms with Crippen molar-refractivity contribution in [2.45, 2.75) is 53.6 Å². The van der Waals surface area contributed by atoms with Crippen LogP contribution in [0.5, 0.6) is 0 Å². The van der Waals surface area contributed by atoms with Gasteiger partial charge in [0.15, 0.2) is 11.3 Å². The van der Waals surface area contributed by atoms with Crippen LogP contribution in [-0.4, -0.2) is 22.6 Å². The van der Waals surface area contributed by atoms with Crippen LogP contribution in [0.15, 0.2) is 22.6 Å². The van der Waals surface area contributed by atoms with Crippen molar-refractivity contribution in [1.29, 1.82) is 0 Å². The summed E-state index contributed by atoms with van der Waals surface area (Å²) in [6.45, 7) is 10.7. The number of Topliss-reactive ketones (excluding diaryl/α,β-unsaturated/α-hetero) is 1. The molecule has 0 bridgehead atoms. The molecular weight excluding hydrogens is 344 g/mol. The Morgan fingerprint density at radius 2 is 1.81 bits per heavy atom. The maximum atomic E-state index is 13.1. The number of carbonyl (C=O) groups is 3. The molecule has 2 heterocycles. The number of aryl methyl sites for hydroxylation is 3. The summed E-state index contributed by atoms with van der Waals surface area (Å²) in [6, 6.07) is 4.91. The zero-order valence-corrected chi connectivity index (χ0v) is 16.5. The van der Waals surface area contributed by atoms with E-state index in [2.05, 4.69) is 5.32 Å². The summed E-state index contributed by atoms with van der Waals surface area (Å²) < 4.78 is 5.59. The topological polar surface area (TPSA) is 79.6 Å². The molecule has 0 spiro atoms. The Kier molecular flexibility index (Phi) is 4.46. The third-order valence-corrected chi connectivity index (χ3v) is 5.31. The molecule has 0 saturated carbocycles. The second kappa shape index (κ2) is 6.37. The maximum Gasteiger partial charge on any atom is 0.325 e.